The van der Waals surface area contributed by atoms with Crippen LogP contribution in [0.1, 0.15) is 37.7 Å². The maximum Gasteiger partial charge on any atom is 0.416 e. The highest BCUT2D eigenvalue weighted by atomic mass is 32.2. The molecule has 2 fully saturated rings. The highest BCUT2D eigenvalue weighted by Crippen LogP contribution is 2.38. The van der Waals surface area contributed by atoms with Gasteiger partial charge in [0.15, 0.2) is 0 Å². The van der Waals surface area contributed by atoms with Crippen LogP contribution in [0, 0.1) is 5.82 Å². The van der Waals surface area contributed by atoms with E-state index in [1.54, 1.807) is 0 Å². The number of halogens is 4. The molecule has 2 aromatic rings. The normalized spacial score (nSPS) is 17.3. The number of carbonyl (C=O) groups excluding carboxylic acids is 2. The molecule has 1 saturated heterocycles. The van der Waals surface area contributed by atoms with E-state index in [1.807, 2.05) is 0 Å². The lowest BCUT2D eigenvalue weighted by Gasteiger charge is -2.38. The zero-order valence-corrected chi connectivity index (χ0v) is 20.0. The molecule has 0 aromatic heterocycles. The third-order valence-corrected chi connectivity index (χ3v) is 8.26. The molecule has 4 rings (SSSR count). The molecule has 2 aliphatic rings. The summed E-state index contributed by atoms with van der Waals surface area (Å²) in [5.74, 6) is -1.44. The number of hydrogen-bond donors (Lipinski definition) is 1. The average molecular weight is 528 g/mol. The van der Waals surface area contributed by atoms with Gasteiger partial charge in [-0.3, -0.25) is 9.59 Å². The molecule has 0 unspecified atom stereocenters. The highest BCUT2D eigenvalue weighted by Gasteiger charge is 2.44. The van der Waals surface area contributed by atoms with Crippen LogP contribution in [-0.4, -0.2) is 54.6 Å². The number of piperidine rings is 1. The maximum atomic E-state index is 13.3. The van der Waals surface area contributed by atoms with Gasteiger partial charge in [0.1, 0.15) is 12.2 Å². The Morgan fingerprint density at radius 1 is 0.972 bits per heavy atom. The topological polar surface area (TPSA) is 86.8 Å². The van der Waals surface area contributed by atoms with Gasteiger partial charge in [0.25, 0.3) is 0 Å². The number of alkyl halides is 3. The predicted octanol–water partition coefficient (Wildman–Crippen LogP) is 4.02. The van der Waals surface area contributed by atoms with E-state index in [0.717, 1.165) is 12.1 Å². The molecule has 2 amide bonds. The maximum absolute atomic E-state index is 13.3. The molecule has 7 nitrogen and oxygen atoms in total. The standard InChI is InChI=1S/C24H25F4N3O4S/c25-17-4-6-18(7-5-17)29-22(32)15-23(33)30-12-10-20(11-13-30)31(19-8-9-19)36(34,35)21-3-1-2-16(14-21)24(26,27)28/h1-7,14,19-20H,8-13,15H2,(H,29,32). The molecule has 1 heterocycles. The number of benzene rings is 2. The van der Waals surface area contributed by atoms with Gasteiger partial charge in [-0.05, 0) is 68.1 Å². The first-order chi connectivity index (χ1) is 16.9. The van der Waals surface area contributed by atoms with E-state index in [2.05, 4.69) is 5.32 Å². The number of likely N-dealkylation sites (tertiary alicyclic amines) is 1. The molecule has 1 saturated carbocycles. The molecular formula is C24H25F4N3O4S. The quantitative estimate of drug-likeness (QED) is 0.436. The Kier molecular flexibility index (Phi) is 7.37. The largest absolute Gasteiger partial charge is 0.416 e. The first-order valence-corrected chi connectivity index (χ1v) is 12.9. The number of hydrogen-bond acceptors (Lipinski definition) is 4. The smallest absolute Gasteiger partial charge is 0.342 e. The number of sulfonamides is 1. The van der Waals surface area contributed by atoms with E-state index in [-0.39, 0.29) is 19.1 Å². The van der Waals surface area contributed by atoms with Crippen LogP contribution in [0.5, 0.6) is 0 Å². The van der Waals surface area contributed by atoms with Crippen LogP contribution in [0.3, 0.4) is 0 Å². The van der Waals surface area contributed by atoms with Crippen LogP contribution in [0.2, 0.25) is 0 Å². The summed E-state index contributed by atoms with van der Waals surface area (Å²) in [7, 11) is -4.18. The summed E-state index contributed by atoms with van der Waals surface area (Å²) in [5, 5.41) is 2.52. The van der Waals surface area contributed by atoms with Gasteiger partial charge in [-0.1, -0.05) is 6.07 Å². The predicted molar refractivity (Wildman–Crippen MR) is 123 cm³/mol. The van der Waals surface area contributed by atoms with E-state index >= 15 is 0 Å². The summed E-state index contributed by atoms with van der Waals surface area (Å²) in [5.41, 5.74) is -0.675. The van der Waals surface area contributed by atoms with Crippen LogP contribution >= 0.6 is 0 Å². The van der Waals surface area contributed by atoms with Crippen LogP contribution < -0.4 is 5.32 Å². The number of amides is 2. The molecule has 1 aliphatic heterocycles. The van der Waals surface area contributed by atoms with Crippen LogP contribution in [0.15, 0.2) is 53.4 Å². The van der Waals surface area contributed by atoms with Crippen molar-refractivity contribution in [1.82, 2.24) is 9.21 Å². The van der Waals surface area contributed by atoms with Gasteiger partial charge < -0.3 is 10.2 Å². The fourth-order valence-corrected chi connectivity index (χ4v) is 6.31. The number of carbonyl (C=O) groups is 2. The van der Waals surface area contributed by atoms with Crippen molar-refractivity contribution < 1.29 is 35.6 Å². The zero-order chi connectivity index (χ0) is 26.1. The Hall–Kier alpha value is -2.99. The Balaban J connectivity index is 1.38. The number of rotatable bonds is 7. The second-order valence-electron chi connectivity index (χ2n) is 8.94. The lowest BCUT2D eigenvalue weighted by Crippen LogP contribution is -2.49. The Morgan fingerprint density at radius 3 is 2.17 bits per heavy atom. The minimum Gasteiger partial charge on any atom is -0.342 e. The summed E-state index contributed by atoms with van der Waals surface area (Å²) in [6.07, 6.45) is -3.22. The van der Waals surface area contributed by atoms with Crippen molar-refractivity contribution in [2.75, 3.05) is 18.4 Å². The molecule has 12 heteroatoms. The molecular weight excluding hydrogens is 502 g/mol. The Morgan fingerprint density at radius 2 is 1.58 bits per heavy atom. The van der Waals surface area contributed by atoms with E-state index in [0.29, 0.717) is 37.4 Å². The number of nitrogens with zero attached hydrogens (tertiary/aromatic N) is 2. The summed E-state index contributed by atoms with van der Waals surface area (Å²) in [6.45, 7) is 0.434. The number of anilines is 1. The highest BCUT2D eigenvalue weighted by molar-refractivity contribution is 7.89. The number of nitrogens with one attached hydrogen (secondary N) is 1. The molecule has 0 spiro atoms. The summed E-state index contributed by atoms with van der Waals surface area (Å²) < 4.78 is 80.4. The van der Waals surface area contributed by atoms with E-state index in [9.17, 15) is 35.6 Å². The van der Waals surface area contributed by atoms with Gasteiger partial charge in [0.2, 0.25) is 21.8 Å². The van der Waals surface area contributed by atoms with Crippen LogP contribution in [-0.2, 0) is 25.8 Å². The lowest BCUT2D eigenvalue weighted by molar-refractivity contribution is -0.138. The SMILES string of the molecule is O=C(CC(=O)N1CCC(N(C2CC2)S(=O)(=O)c2cccc(C(F)(F)F)c2)CC1)Nc1ccc(F)cc1. The molecule has 36 heavy (non-hydrogen) atoms. The van der Waals surface area contributed by atoms with E-state index in [1.165, 1.54) is 39.5 Å². The Labute approximate surface area is 206 Å². The second kappa shape index (κ2) is 10.2. The van der Waals surface area contributed by atoms with E-state index < -0.39 is 56.8 Å². The molecule has 0 bridgehead atoms. The fraction of sp³-hybridized carbons (Fsp3) is 0.417. The van der Waals surface area contributed by atoms with Gasteiger partial charge in [-0.15, -0.1) is 0 Å². The summed E-state index contributed by atoms with van der Waals surface area (Å²) >= 11 is 0. The van der Waals surface area contributed by atoms with Crippen LogP contribution in [0.4, 0.5) is 23.2 Å². The fourth-order valence-electron chi connectivity index (χ4n) is 4.33. The van der Waals surface area contributed by atoms with Gasteiger partial charge in [0.05, 0.1) is 10.5 Å². The zero-order valence-electron chi connectivity index (χ0n) is 19.2. The van der Waals surface area contributed by atoms with Gasteiger partial charge in [0, 0.05) is 30.9 Å². The average Bonchev–Trinajstić information content (AvgIpc) is 3.65. The molecule has 1 N–H and O–H groups in total. The van der Waals surface area contributed by atoms with Crippen molar-refractivity contribution in [2.45, 2.75) is 55.3 Å². The lowest BCUT2D eigenvalue weighted by atomic mass is 10.0. The Bertz CT molecular complexity index is 1220. The molecule has 0 radical (unpaired) electrons. The first kappa shape index (κ1) is 26.1. The second-order valence-corrected chi connectivity index (χ2v) is 10.8. The molecule has 1 aliphatic carbocycles. The summed E-state index contributed by atoms with van der Waals surface area (Å²) in [4.78, 5) is 25.9. The van der Waals surface area contributed by atoms with Crippen molar-refractivity contribution in [1.29, 1.82) is 0 Å². The first-order valence-electron chi connectivity index (χ1n) is 11.5. The third-order valence-electron chi connectivity index (χ3n) is 6.26. The van der Waals surface area contributed by atoms with Gasteiger partial charge in [-0.2, -0.15) is 17.5 Å². The molecule has 0 atom stereocenters. The monoisotopic (exact) mass is 527 g/mol. The van der Waals surface area contributed by atoms with Crippen molar-refractivity contribution in [3.63, 3.8) is 0 Å². The van der Waals surface area contributed by atoms with Gasteiger partial charge >= 0.3 is 6.18 Å². The minimum atomic E-state index is -4.66. The minimum absolute atomic E-state index is 0.217. The van der Waals surface area contributed by atoms with Crippen molar-refractivity contribution in [3.05, 3.63) is 59.9 Å². The van der Waals surface area contributed by atoms with Crippen molar-refractivity contribution in [2.24, 2.45) is 0 Å². The van der Waals surface area contributed by atoms with Crippen molar-refractivity contribution in [3.8, 4) is 0 Å². The molecule has 2 aromatic carbocycles. The molecule has 194 valence electrons. The summed E-state index contributed by atoms with van der Waals surface area (Å²) in [6, 6.07) is 8.10. The van der Waals surface area contributed by atoms with Crippen LogP contribution in [0.25, 0.3) is 0 Å². The third kappa shape index (κ3) is 6.04. The van der Waals surface area contributed by atoms with Crippen molar-refractivity contribution >= 4 is 27.5 Å². The van der Waals surface area contributed by atoms with E-state index in [4.69, 9.17) is 0 Å². The van der Waals surface area contributed by atoms with Gasteiger partial charge in [-0.25, -0.2) is 12.8 Å².